The van der Waals surface area contributed by atoms with Crippen molar-refractivity contribution in [3.05, 3.63) is 78.4 Å². The number of nitrogens with one attached hydrogen (secondary N) is 1. The van der Waals surface area contributed by atoms with E-state index in [2.05, 4.69) is 15.5 Å². The number of aromatic nitrogens is 2. The fourth-order valence-electron chi connectivity index (χ4n) is 2.71. The SMILES string of the molecule is C/C(=N\NC(=O)CN(C)S(=O)(=O)c1ccc(C)cc1)c1ccc(-n2ccnc2)cc1. The number of amides is 1. The lowest BCUT2D eigenvalue weighted by molar-refractivity contribution is -0.121. The van der Waals surface area contributed by atoms with E-state index in [4.69, 9.17) is 0 Å². The molecule has 3 rings (SSSR count). The molecule has 0 unspecified atom stereocenters. The number of likely N-dealkylation sites (N-methyl/N-ethyl adjacent to an activating group) is 1. The number of sulfonamides is 1. The monoisotopic (exact) mass is 425 g/mol. The van der Waals surface area contributed by atoms with Crippen LogP contribution >= 0.6 is 0 Å². The summed E-state index contributed by atoms with van der Waals surface area (Å²) in [6.45, 7) is 3.30. The highest BCUT2D eigenvalue weighted by molar-refractivity contribution is 7.89. The number of rotatable bonds is 7. The third kappa shape index (κ3) is 5.00. The zero-order valence-electron chi connectivity index (χ0n) is 17.0. The Kier molecular flexibility index (Phi) is 6.43. The molecule has 0 atom stereocenters. The molecule has 0 saturated heterocycles. The standard InChI is InChI=1S/C21H23N5O3S/c1-16-4-10-20(11-5-16)30(28,29)25(3)14-21(27)24-23-17(2)18-6-8-19(9-7-18)26-13-12-22-15-26/h4-13,15H,14H2,1-3H3,(H,24,27)/b23-17+. The first-order chi connectivity index (χ1) is 14.3. The van der Waals surface area contributed by atoms with Gasteiger partial charge in [-0.3, -0.25) is 4.79 Å². The van der Waals surface area contributed by atoms with Crippen molar-refractivity contribution in [2.45, 2.75) is 18.7 Å². The van der Waals surface area contributed by atoms with Crippen molar-refractivity contribution in [2.75, 3.05) is 13.6 Å². The molecule has 30 heavy (non-hydrogen) atoms. The highest BCUT2D eigenvalue weighted by Crippen LogP contribution is 2.14. The summed E-state index contributed by atoms with van der Waals surface area (Å²) in [6.07, 6.45) is 5.25. The molecule has 0 aliphatic heterocycles. The Morgan fingerprint density at radius 1 is 1.13 bits per heavy atom. The minimum absolute atomic E-state index is 0.140. The number of carbonyl (C=O) groups excluding carboxylic acids is 1. The number of benzene rings is 2. The van der Waals surface area contributed by atoms with Crippen molar-refractivity contribution in [3.8, 4) is 5.69 Å². The molecule has 9 heteroatoms. The lowest BCUT2D eigenvalue weighted by atomic mass is 10.1. The number of hydrogen-bond acceptors (Lipinski definition) is 5. The first-order valence-electron chi connectivity index (χ1n) is 9.22. The van der Waals surface area contributed by atoms with Crippen LogP contribution in [0.15, 0.2) is 77.2 Å². The van der Waals surface area contributed by atoms with Gasteiger partial charge in [0.2, 0.25) is 10.0 Å². The van der Waals surface area contributed by atoms with Crippen LogP contribution in [-0.4, -0.2) is 47.5 Å². The smallest absolute Gasteiger partial charge is 0.255 e. The second-order valence-electron chi connectivity index (χ2n) is 6.82. The molecule has 1 N–H and O–H groups in total. The molecule has 0 saturated carbocycles. The minimum Gasteiger partial charge on any atom is -0.306 e. The first-order valence-corrected chi connectivity index (χ1v) is 10.7. The number of nitrogens with zero attached hydrogens (tertiary/aromatic N) is 4. The molecule has 3 aromatic rings. The lowest BCUT2D eigenvalue weighted by Gasteiger charge is -2.16. The Labute approximate surface area is 175 Å². The van der Waals surface area contributed by atoms with Crippen LogP contribution in [0.4, 0.5) is 0 Å². The van der Waals surface area contributed by atoms with Crippen LogP contribution in [0.1, 0.15) is 18.1 Å². The van der Waals surface area contributed by atoms with Crippen LogP contribution < -0.4 is 5.43 Å². The Morgan fingerprint density at radius 3 is 2.40 bits per heavy atom. The van der Waals surface area contributed by atoms with Crippen LogP contribution in [0.2, 0.25) is 0 Å². The number of carbonyl (C=O) groups is 1. The van der Waals surface area contributed by atoms with Gasteiger partial charge in [0, 0.05) is 25.1 Å². The molecular weight excluding hydrogens is 402 g/mol. The molecule has 0 bridgehead atoms. The summed E-state index contributed by atoms with van der Waals surface area (Å²) in [5.74, 6) is -0.525. The van der Waals surface area contributed by atoms with Crippen LogP contribution in [0, 0.1) is 6.92 Å². The van der Waals surface area contributed by atoms with Crippen LogP contribution in [0.3, 0.4) is 0 Å². The third-order valence-corrected chi connectivity index (χ3v) is 6.35. The van der Waals surface area contributed by atoms with Gasteiger partial charge in [0.1, 0.15) is 0 Å². The van der Waals surface area contributed by atoms with Crippen LogP contribution in [0.25, 0.3) is 5.69 Å². The van der Waals surface area contributed by atoms with Crippen molar-refractivity contribution < 1.29 is 13.2 Å². The van der Waals surface area contributed by atoms with Crippen LogP contribution in [-0.2, 0) is 14.8 Å². The van der Waals surface area contributed by atoms with E-state index in [0.717, 1.165) is 21.1 Å². The van der Waals surface area contributed by atoms with Crippen molar-refractivity contribution >= 4 is 21.6 Å². The number of aryl methyl sites for hydroxylation is 1. The summed E-state index contributed by atoms with van der Waals surface area (Å²) in [5, 5.41) is 4.08. The second-order valence-corrected chi connectivity index (χ2v) is 8.87. The fraction of sp³-hybridized carbons (Fsp3) is 0.190. The third-order valence-electron chi connectivity index (χ3n) is 4.53. The van der Waals surface area contributed by atoms with E-state index in [-0.39, 0.29) is 11.4 Å². The highest BCUT2D eigenvalue weighted by atomic mass is 32.2. The Bertz CT molecular complexity index is 1140. The van der Waals surface area contributed by atoms with Gasteiger partial charge in [0.15, 0.2) is 0 Å². The fourth-order valence-corrected chi connectivity index (χ4v) is 3.84. The minimum atomic E-state index is -3.75. The summed E-state index contributed by atoms with van der Waals surface area (Å²) in [4.78, 5) is 16.3. The van der Waals surface area contributed by atoms with E-state index in [9.17, 15) is 13.2 Å². The van der Waals surface area contributed by atoms with E-state index in [1.807, 2.05) is 42.0 Å². The van der Waals surface area contributed by atoms with Crippen molar-refractivity contribution in [1.82, 2.24) is 19.3 Å². The normalized spacial score (nSPS) is 12.2. The van der Waals surface area contributed by atoms with E-state index in [1.54, 1.807) is 31.6 Å². The molecule has 0 radical (unpaired) electrons. The topological polar surface area (TPSA) is 96.7 Å². The van der Waals surface area contributed by atoms with Crippen molar-refractivity contribution in [1.29, 1.82) is 0 Å². The molecule has 0 fully saturated rings. The first kappa shape index (κ1) is 21.4. The van der Waals surface area contributed by atoms with Gasteiger partial charge in [-0.15, -0.1) is 0 Å². The Hall–Kier alpha value is -3.30. The Balaban J connectivity index is 1.61. The summed E-state index contributed by atoms with van der Waals surface area (Å²) >= 11 is 0. The van der Waals surface area contributed by atoms with Crippen LogP contribution in [0.5, 0.6) is 0 Å². The van der Waals surface area contributed by atoms with Crippen molar-refractivity contribution in [2.24, 2.45) is 5.10 Å². The summed E-state index contributed by atoms with van der Waals surface area (Å²) < 4.78 is 28.0. The molecule has 1 amide bonds. The maximum Gasteiger partial charge on any atom is 0.255 e. The van der Waals surface area contributed by atoms with Gasteiger partial charge in [-0.1, -0.05) is 29.8 Å². The van der Waals surface area contributed by atoms with Gasteiger partial charge >= 0.3 is 0 Å². The second kappa shape index (κ2) is 9.02. The average molecular weight is 426 g/mol. The van der Waals surface area contributed by atoms with Gasteiger partial charge in [0.25, 0.3) is 5.91 Å². The van der Waals surface area contributed by atoms with Gasteiger partial charge < -0.3 is 4.57 Å². The van der Waals surface area contributed by atoms with Gasteiger partial charge in [-0.2, -0.15) is 9.41 Å². The number of hydrazone groups is 1. The predicted octanol–water partition coefficient (Wildman–Crippen LogP) is 2.34. The van der Waals surface area contributed by atoms with Gasteiger partial charge in [0.05, 0.1) is 23.5 Å². The van der Waals surface area contributed by atoms with Crippen molar-refractivity contribution in [3.63, 3.8) is 0 Å². The summed E-state index contributed by atoms with van der Waals surface area (Å²) in [5.41, 5.74) is 5.76. The lowest BCUT2D eigenvalue weighted by Crippen LogP contribution is -2.36. The molecule has 2 aromatic carbocycles. The van der Waals surface area contributed by atoms with E-state index in [0.29, 0.717) is 5.71 Å². The molecule has 1 heterocycles. The Morgan fingerprint density at radius 2 is 1.80 bits per heavy atom. The molecule has 0 aliphatic rings. The molecular formula is C21H23N5O3S. The van der Waals surface area contributed by atoms with E-state index < -0.39 is 15.9 Å². The summed E-state index contributed by atoms with van der Waals surface area (Å²) in [6, 6.07) is 14.1. The average Bonchev–Trinajstić information content (AvgIpc) is 3.27. The zero-order valence-corrected chi connectivity index (χ0v) is 17.8. The quantitative estimate of drug-likeness (QED) is 0.464. The van der Waals surface area contributed by atoms with E-state index >= 15 is 0 Å². The van der Waals surface area contributed by atoms with Gasteiger partial charge in [-0.05, 0) is 43.7 Å². The molecule has 156 valence electrons. The summed E-state index contributed by atoms with van der Waals surface area (Å²) in [7, 11) is -2.39. The molecule has 1 aromatic heterocycles. The maximum atomic E-state index is 12.6. The maximum absolute atomic E-state index is 12.6. The van der Waals surface area contributed by atoms with E-state index in [1.165, 1.54) is 19.2 Å². The largest absolute Gasteiger partial charge is 0.306 e. The van der Waals surface area contributed by atoms with Gasteiger partial charge in [-0.25, -0.2) is 18.8 Å². The number of hydrogen-bond donors (Lipinski definition) is 1. The molecule has 0 spiro atoms. The molecule has 0 aliphatic carbocycles. The number of imidazole rings is 1. The zero-order chi connectivity index (χ0) is 21.7. The highest BCUT2D eigenvalue weighted by Gasteiger charge is 2.22. The predicted molar refractivity (Wildman–Crippen MR) is 115 cm³/mol. The molecule has 8 nitrogen and oxygen atoms in total.